The van der Waals surface area contributed by atoms with Crippen LogP contribution in [0.25, 0.3) is 0 Å². The highest BCUT2D eigenvalue weighted by molar-refractivity contribution is 7.17. The van der Waals surface area contributed by atoms with Gasteiger partial charge in [0, 0.05) is 49.8 Å². The van der Waals surface area contributed by atoms with Crippen molar-refractivity contribution in [2.75, 3.05) is 48.3 Å². The minimum Gasteiger partial charge on any atom is -0.493 e. The van der Waals surface area contributed by atoms with E-state index in [1.165, 1.54) is 22.4 Å². The predicted molar refractivity (Wildman–Crippen MR) is 198 cm³/mol. The van der Waals surface area contributed by atoms with Crippen molar-refractivity contribution < 1.29 is 28.7 Å². The number of hydrogen-bond acceptors (Lipinski definition) is 12. The van der Waals surface area contributed by atoms with E-state index in [9.17, 15) is 24.0 Å². The summed E-state index contributed by atoms with van der Waals surface area (Å²) in [5, 5.41) is 9.30. The molecule has 0 aliphatic carbocycles. The fourth-order valence-electron chi connectivity index (χ4n) is 6.57. The number of amides is 5. The zero-order chi connectivity index (χ0) is 37.2. The summed E-state index contributed by atoms with van der Waals surface area (Å²) in [5.41, 5.74) is 2.53. The lowest BCUT2D eigenvalue weighted by Crippen LogP contribution is -2.52. The van der Waals surface area contributed by atoms with Crippen molar-refractivity contribution >= 4 is 74.9 Å². The Labute approximate surface area is 313 Å². The summed E-state index contributed by atoms with van der Waals surface area (Å²) in [5.74, 6) is 0.831. The van der Waals surface area contributed by atoms with E-state index in [1.54, 1.807) is 36.1 Å². The molecule has 1 unspecified atom stereocenters. The molecule has 0 radical (unpaired) electrons. The van der Waals surface area contributed by atoms with Crippen molar-refractivity contribution in [2.24, 2.45) is 0 Å². The first-order valence-corrected chi connectivity index (χ1v) is 18.3. The third kappa shape index (κ3) is 7.78. The number of ether oxygens (including phenoxy) is 1. The summed E-state index contributed by atoms with van der Waals surface area (Å²) < 4.78 is 6.01. The normalized spacial score (nSPS) is 17.1. The van der Waals surface area contributed by atoms with Gasteiger partial charge in [0.05, 0.1) is 36.5 Å². The van der Waals surface area contributed by atoms with Crippen LogP contribution in [0.1, 0.15) is 56.2 Å². The van der Waals surface area contributed by atoms with Gasteiger partial charge < -0.3 is 30.1 Å². The fourth-order valence-corrected chi connectivity index (χ4v) is 7.56. The van der Waals surface area contributed by atoms with Crippen LogP contribution in [0.3, 0.4) is 0 Å². The number of benzene rings is 2. The standard InChI is InChI=1S/C36H36ClN9O6S/c1-20-5-3-7-24(37)32(20)43-34(50)27-18-38-36(53-27)41-28-17-29(40-21(2)39-28)44-12-14-45(15-13-44)31(48)11-16-52-26-8-4-6-22-23(26)19-46(35(22)51)25-9-10-30(47)42-33(25)49/h3-8,17-18,25H,9-16,19H2,1-2H3,(H,43,50)(H,42,47,49)(H,38,39,40,41). The van der Waals surface area contributed by atoms with Crippen LogP contribution in [-0.4, -0.2) is 93.1 Å². The molecule has 1 atom stereocenters. The maximum atomic E-state index is 13.2. The summed E-state index contributed by atoms with van der Waals surface area (Å²) in [6.45, 7) is 6.11. The summed E-state index contributed by atoms with van der Waals surface area (Å²) in [6.07, 6.45) is 2.10. The van der Waals surface area contributed by atoms with Gasteiger partial charge in [0.1, 0.15) is 34.1 Å². The molecule has 0 bridgehead atoms. The van der Waals surface area contributed by atoms with E-state index in [4.69, 9.17) is 16.3 Å². The molecule has 0 spiro atoms. The SMILES string of the molecule is Cc1nc(Nc2ncc(C(=O)Nc3c(C)cccc3Cl)s2)cc(N2CCN(C(=O)CCOc3cccc4c3CN(C3CCC(=O)NC3=O)C4=O)CC2)n1. The van der Waals surface area contributed by atoms with E-state index in [-0.39, 0.29) is 56.0 Å². The molecule has 5 amide bonds. The highest BCUT2D eigenvalue weighted by Crippen LogP contribution is 2.34. The maximum absolute atomic E-state index is 13.2. The number of para-hydroxylation sites is 1. The van der Waals surface area contributed by atoms with Gasteiger partial charge in [-0.15, -0.1) is 0 Å². The molecular formula is C36H36ClN9O6S. The predicted octanol–water partition coefficient (Wildman–Crippen LogP) is 4.08. The van der Waals surface area contributed by atoms with Gasteiger partial charge in [0.25, 0.3) is 11.8 Å². The van der Waals surface area contributed by atoms with Crippen LogP contribution in [0.5, 0.6) is 5.75 Å². The third-order valence-corrected chi connectivity index (χ3v) is 10.5. The van der Waals surface area contributed by atoms with Gasteiger partial charge in [0.2, 0.25) is 17.7 Å². The Morgan fingerprint density at radius 1 is 1.06 bits per heavy atom. The highest BCUT2D eigenvalue weighted by Gasteiger charge is 2.40. The molecule has 4 aromatic rings. The molecule has 17 heteroatoms. The molecule has 5 heterocycles. The van der Waals surface area contributed by atoms with Gasteiger partial charge in [-0.25, -0.2) is 15.0 Å². The average molecular weight is 758 g/mol. The Morgan fingerprint density at radius 2 is 1.85 bits per heavy atom. The Morgan fingerprint density at radius 3 is 2.62 bits per heavy atom. The number of aryl methyl sites for hydroxylation is 2. The zero-order valence-electron chi connectivity index (χ0n) is 29.0. The van der Waals surface area contributed by atoms with E-state index in [1.807, 2.05) is 25.1 Å². The lowest BCUT2D eigenvalue weighted by Gasteiger charge is -2.35. The van der Waals surface area contributed by atoms with Crippen LogP contribution >= 0.6 is 22.9 Å². The van der Waals surface area contributed by atoms with Crippen LogP contribution < -0.4 is 25.6 Å². The Kier molecular flexibility index (Phi) is 10.2. The number of halogens is 1. The second-order valence-electron chi connectivity index (χ2n) is 12.8. The minimum absolute atomic E-state index is 0.0481. The van der Waals surface area contributed by atoms with Crippen molar-refractivity contribution in [1.29, 1.82) is 0 Å². The summed E-state index contributed by atoms with van der Waals surface area (Å²) in [6, 6.07) is 11.7. The molecule has 274 valence electrons. The van der Waals surface area contributed by atoms with Crippen LogP contribution in [-0.2, 0) is 20.9 Å². The first kappa shape index (κ1) is 35.8. The van der Waals surface area contributed by atoms with E-state index < -0.39 is 11.9 Å². The van der Waals surface area contributed by atoms with Gasteiger partial charge in [-0.3, -0.25) is 29.3 Å². The molecule has 2 fully saturated rings. The lowest BCUT2D eigenvalue weighted by molar-refractivity contribution is -0.137. The molecule has 0 saturated carbocycles. The van der Waals surface area contributed by atoms with Crippen LogP contribution in [0.2, 0.25) is 5.02 Å². The van der Waals surface area contributed by atoms with E-state index in [0.717, 1.165) is 5.56 Å². The lowest BCUT2D eigenvalue weighted by atomic mass is 10.0. The number of imide groups is 1. The van der Waals surface area contributed by atoms with E-state index in [2.05, 4.69) is 35.8 Å². The summed E-state index contributed by atoms with van der Waals surface area (Å²) >= 11 is 7.46. The molecule has 7 rings (SSSR count). The highest BCUT2D eigenvalue weighted by atomic mass is 35.5. The number of carbonyl (C=O) groups is 5. The van der Waals surface area contributed by atoms with Crippen molar-refractivity contribution in [3.8, 4) is 5.75 Å². The number of anilines is 4. The maximum Gasteiger partial charge on any atom is 0.267 e. The second kappa shape index (κ2) is 15.2. The average Bonchev–Trinajstić information content (AvgIpc) is 3.74. The molecule has 3 aliphatic rings. The number of carbonyl (C=O) groups excluding carboxylic acids is 5. The molecule has 53 heavy (non-hydrogen) atoms. The van der Waals surface area contributed by atoms with Crippen molar-refractivity contribution in [3.63, 3.8) is 0 Å². The van der Waals surface area contributed by atoms with Gasteiger partial charge >= 0.3 is 0 Å². The first-order valence-electron chi connectivity index (χ1n) is 17.1. The number of nitrogens with zero attached hydrogens (tertiary/aromatic N) is 6. The largest absolute Gasteiger partial charge is 0.493 e. The molecule has 2 aromatic carbocycles. The van der Waals surface area contributed by atoms with E-state index in [0.29, 0.717) is 81.2 Å². The molecule has 2 saturated heterocycles. The molecule has 15 nitrogen and oxygen atoms in total. The quantitative estimate of drug-likeness (QED) is 0.199. The second-order valence-corrected chi connectivity index (χ2v) is 14.3. The number of nitrogens with one attached hydrogen (secondary N) is 3. The van der Waals surface area contributed by atoms with Gasteiger partial charge in [-0.05, 0) is 44.0 Å². The molecule has 3 N–H and O–H groups in total. The molecule has 3 aliphatic heterocycles. The zero-order valence-corrected chi connectivity index (χ0v) is 30.6. The molecular weight excluding hydrogens is 722 g/mol. The summed E-state index contributed by atoms with van der Waals surface area (Å²) in [4.78, 5) is 82.4. The Hall–Kier alpha value is -5.61. The third-order valence-electron chi connectivity index (χ3n) is 9.32. The Bertz CT molecular complexity index is 2100. The van der Waals surface area contributed by atoms with E-state index >= 15 is 0 Å². The van der Waals surface area contributed by atoms with Crippen molar-refractivity contribution in [1.82, 2.24) is 30.1 Å². The number of rotatable bonds is 10. The van der Waals surface area contributed by atoms with Crippen LogP contribution in [0, 0.1) is 13.8 Å². The minimum atomic E-state index is -0.716. The first-order chi connectivity index (χ1) is 25.5. The number of piperazine rings is 1. The molecule has 2 aromatic heterocycles. The van der Waals surface area contributed by atoms with Gasteiger partial charge in [0.15, 0.2) is 5.13 Å². The monoisotopic (exact) mass is 757 g/mol. The summed E-state index contributed by atoms with van der Waals surface area (Å²) in [7, 11) is 0. The number of hydrogen-bond donors (Lipinski definition) is 3. The number of thiazole rings is 1. The van der Waals surface area contributed by atoms with Gasteiger partial charge in [-0.1, -0.05) is 41.1 Å². The number of piperidine rings is 1. The van der Waals surface area contributed by atoms with Crippen LogP contribution in [0.15, 0.2) is 48.7 Å². The number of aromatic nitrogens is 3. The van der Waals surface area contributed by atoms with Crippen molar-refractivity contribution in [3.05, 3.63) is 81.1 Å². The fraction of sp³-hybridized carbons (Fsp3) is 0.333. The Balaban J connectivity index is 0.901. The number of fused-ring (bicyclic) bond motifs is 1. The van der Waals surface area contributed by atoms with Crippen LogP contribution in [0.4, 0.5) is 22.5 Å². The smallest absolute Gasteiger partial charge is 0.267 e. The topological polar surface area (TPSA) is 179 Å². The van der Waals surface area contributed by atoms with Crippen molar-refractivity contribution in [2.45, 2.75) is 45.7 Å². The van der Waals surface area contributed by atoms with Gasteiger partial charge in [-0.2, -0.15) is 0 Å².